The van der Waals surface area contributed by atoms with E-state index in [1.165, 1.54) is 0 Å². The van der Waals surface area contributed by atoms with Crippen LogP contribution < -0.4 is 15.1 Å². The normalized spacial score (nSPS) is 18.4. The van der Waals surface area contributed by atoms with Crippen molar-refractivity contribution in [2.75, 3.05) is 21.7 Å². The first kappa shape index (κ1) is 17.5. The van der Waals surface area contributed by atoms with Gasteiger partial charge >= 0.3 is 0 Å². The van der Waals surface area contributed by atoms with E-state index in [0.717, 1.165) is 0 Å². The standard InChI is InChI=1S/C20H18ClN3O3/c1-2-23-17-11-12(19(26)22-14-6-4-13(21)5-7-14)3-8-15(17)24-16(20(23)27)9-10-18(24)25/h3-8,11,16H,2,9-10H2,1H3,(H,22,26)/t16-/m1/s1. The number of likely N-dealkylation sites (N-methyl/N-ethyl adjacent to an activating group) is 1. The lowest BCUT2D eigenvalue weighted by molar-refractivity contribution is -0.122. The quantitative estimate of drug-likeness (QED) is 0.882. The molecule has 1 fully saturated rings. The van der Waals surface area contributed by atoms with Gasteiger partial charge in [-0.2, -0.15) is 0 Å². The van der Waals surface area contributed by atoms with Gasteiger partial charge in [-0.05, 0) is 55.8 Å². The highest BCUT2D eigenvalue weighted by Crippen LogP contribution is 2.41. The summed E-state index contributed by atoms with van der Waals surface area (Å²) in [6.45, 7) is 2.36. The van der Waals surface area contributed by atoms with E-state index in [0.29, 0.717) is 47.0 Å². The van der Waals surface area contributed by atoms with Crippen molar-refractivity contribution >= 4 is 46.4 Å². The van der Waals surface area contributed by atoms with E-state index in [2.05, 4.69) is 5.32 Å². The second kappa shape index (κ2) is 6.70. The van der Waals surface area contributed by atoms with E-state index in [1.807, 2.05) is 6.92 Å². The van der Waals surface area contributed by atoms with Gasteiger partial charge in [0, 0.05) is 29.2 Å². The maximum absolute atomic E-state index is 12.8. The molecule has 2 heterocycles. The molecule has 0 aromatic heterocycles. The number of benzene rings is 2. The van der Waals surface area contributed by atoms with E-state index in [4.69, 9.17) is 11.6 Å². The molecular weight excluding hydrogens is 366 g/mol. The van der Waals surface area contributed by atoms with Crippen LogP contribution in [0.1, 0.15) is 30.1 Å². The number of hydrogen-bond acceptors (Lipinski definition) is 3. The lowest BCUT2D eigenvalue weighted by Crippen LogP contribution is -2.51. The fraction of sp³-hybridized carbons (Fsp3) is 0.250. The van der Waals surface area contributed by atoms with Crippen molar-refractivity contribution in [1.29, 1.82) is 0 Å². The molecule has 0 radical (unpaired) electrons. The van der Waals surface area contributed by atoms with Crippen LogP contribution in [-0.4, -0.2) is 30.3 Å². The first-order chi connectivity index (χ1) is 13.0. The first-order valence-electron chi connectivity index (χ1n) is 8.84. The van der Waals surface area contributed by atoms with Gasteiger partial charge in [0.25, 0.3) is 5.91 Å². The highest BCUT2D eigenvalue weighted by Gasteiger charge is 2.44. The molecule has 1 atom stereocenters. The Hall–Kier alpha value is -2.86. The number of carbonyl (C=O) groups excluding carboxylic acids is 3. The molecule has 6 nitrogen and oxygen atoms in total. The molecule has 138 valence electrons. The Labute approximate surface area is 161 Å². The number of halogens is 1. The fourth-order valence-electron chi connectivity index (χ4n) is 3.67. The average molecular weight is 384 g/mol. The SMILES string of the molecule is CCN1C(=O)[C@H]2CCC(=O)N2c2ccc(C(=O)Nc3ccc(Cl)cc3)cc21. The predicted molar refractivity (Wildman–Crippen MR) is 104 cm³/mol. The Balaban J connectivity index is 1.68. The number of anilines is 3. The van der Waals surface area contributed by atoms with Gasteiger partial charge in [0.2, 0.25) is 11.8 Å². The molecular formula is C20H18ClN3O3. The minimum Gasteiger partial charge on any atom is -0.322 e. The molecule has 27 heavy (non-hydrogen) atoms. The average Bonchev–Trinajstić information content (AvgIpc) is 3.06. The molecule has 3 amide bonds. The van der Waals surface area contributed by atoms with E-state index in [1.54, 1.807) is 52.3 Å². The summed E-state index contributed by atoms with van der Waals surface area (Å²) in [5.74, 6) is -0.437. The third-order valence-corrected chi connectivity index (χ3v) is 5.22. The second-order valence-corrected chi connectivity index (χ2v) is 7.00. The summed E-state index contributed by atoms with van der Waals surface area (Å²) in [6, 6.07) is 11.5. The molecule has 1 N–H and O–H groups in total. The number of carbonyl (C=O) groups is 3. The van der Waals surface area contributed by atoms with Crippen LogP contribution in [0, 0.1) is 0 Å². The molecule has 7 heteroatoms. The van der Waals surface area contributed by atoms with Crippen molar-refractivity contribution in [1.82, 2.24) is 0 Å². The Morgan fingerprint density at radius 1 is 1.15 bits per heavy atom. The molecule has 2 aliphatic rings. The van der Waals surface area contributed by atoms with Gasteiger partial charge in [0.1, 0.15) is 6.04 Å². The van der Waals surface area contributed by atoms with Crippen molar-refractivity contribution in [3.63, 3.8) is 0 Å². The number of rotatable bonds is 3. The highest BCUT2D eigenvalue weighted by atomic mass is 35.5. The summed E-state index contributed by atoms with van der Waals surface area (Å²) in [4.78, 5) is 40.9. The van der Waals surface area contributed by atoms with Gasteiger partial charge in [0.05, 0.1) is 11.4 Å². The van der Waals surface area contributed by atoms with Gasteiger partial charge in [-0.25, -0.2) is 0 Å². The van der Waals surface area contributed by atoms with Crippen LogP contribution in [0.2, 0.25) is 5.02 Å². The summed E-state index contributed by atoms with van der Waals surface area (Å²) >= 11 is 5.86. The first-order valence-corrected chi connectivity index (χ1v) is 9.22. The van der Waals surface area contributed by atoms with Crippen molar-refractivity contribution in [3.05, 3.63) is 53.1 Å². The minimum atomic E-state index is -0.432. The van der Waals surface area contributed by atoms with Crippen LogP contribution in [0.3, 0.4) is 0 Å². The molecule has 2 aromatic carbocycles. The summed E-state index contributed by atoms with van der Waals surface area (Å²) in [6.07, 6.45) is 0.901. The number of amides is 3. The lowest BCUT2D eigenvalue weighted by atomic mass is 10.0. The van der Waals surface area contributed by atoms with Crippen LogP contribution >= 0.6 is 11.6 Å². The Kier molecular flexibility index (Phi) is 4.36. The molecule has 2 aromatic rings. The Bertz CT molecular complexity index is 942. The van der Waals surface area contributed by atoms with E-state index in [9.17, 15) is 14.4 Å². The van der Waals surface area contributed by atoms with Crippen LogP contribution in [0.4, 0.5) is 17.1 Å². The van der Waals surface area contributed by atoms with Gasteiger partial charge in [-0.3, -0.25) is 19.3 Å². The van der Waals surface area contributed by atoms with Crippen LogP contribution in [0.25, 0.3) is 0 Å². The zero-order chi connectivity index (χ0) is 19.1. The molecule has 0 unspecified atom stereocenters. The zero-order valence-electron chi connectivity index (χ0n) is 14.7. The second-order valence-electron chi connectivity index (χ2n) is 6.57. The molecule has 1 saturated heterocycles. The third-order valence-electron chi connectivity index (χ3n) is 4.97. The number of nitrogens with zero attached hydrogens (tertiary/aromatic N) is 2. The number of hydrogen-bond donors (Lipinski definition) is 1. The molecule has 4 rings (SSSR count). The Morgan fingerprint density at radius 2 is 1.89 bits per heavy atom. The van der Waals surface area contributed by atoms with E-state index < -0.39 is 6.04 Å². The smallest absolute Gasteiger partial charge is 0.255 e. The van der Waals surface area contributed by atoms with Gasteiger partial charge < -0.3 is 10.2 Å². The largest absolute Gasteiger partial charge is 0.322 e. The molecule has 0 spiro atoms. The molecule has 0 bridgehead atoms. The van der Waals surface area contributed by atoms with Gasteiger partial charge in [-0.15, -0.1) is 0 Å². The molecule has 0 saturated carbocycles. The lowest BCUT2D eigenvalue weighted by Gasteiger charge is -2.38. The zero-order valence-corrected chi connectivity index (χ0v) is 15.5. The van der Waals surface area contributed by atoms with Crippen molar-refractivity contribution in [2.45, 2.75) is 25.8 Å². The summed E-state index contributed by atoms with van der Waals surface area (Å²) in [5.41, 5.74) is 2.32. The highest BCUT2D eigenvalue weighted by molar-refractivity contribution is 6.30. The monoisotopic (exact) mass is 383 g/mol. The van der Waals surface area contributed by atoms with Crippen molar-refractivity contribution in [2.24, 2.45) is 0 Å². The topological polar surface area (TPSA) is 69.7 Å². The summed E-state index contributed by atoms with van der Waals surface area (Å²) in [7, 11) is 0. The number of fused-ring (bicyclic) bond motifs is 3. The van der Waals surface area contributed by atoms with Gasteiger partial charge in [-0.1, -0.05) is 11.6 Å². The van der Waals surface area contributed by atoms with Crippen LogP contribution in [-0.2, 0) is 9.59 Å². The van der Waals surface area contributed by atoms with Crippen molar-refractivity contribution < 1.29 is 14.4 Å². The van der Waals surface area contributed by atoms with E-state index in [-0.39, 0.29) is 17.7 Å². The van der Waals surface area contributed by atoms with Crippen molar-refractivity contribution in [3.8, 4) is 0 Å². The Morgan fingerprint density at radius 3 is 2.59 bits per heavy atom. The summed E-state index contributed by atoms with van der Waals surface area (Å²) in [5, 5.41) is 3.40. The van der Waals surface area contributed by atoms with Gasteiger partial charge in [0.15, 0.2) is 0 Å². The van der Waals surface area contributed by atoms with Crippen LogP contribution in [0.15, 0.2) is 42.5 Å². The fourth-order valence-corrected chi connectivity index (χ4v) is 3.79. The third kappa shape index (κ3) is 2.96. The summed E-state index contributed by atoms with van der Waals surface area (Å²) < 4.78 is 0. The van der Waals surface area contributed by atoms with E-state index >= 15 is 0 Å². The van der Waals surface area contributed by atoms with Crippen LogP contribution in [0.5, 0.6) is 0 Å². The predicted octanol–water partition coefficient (Wildman–Crippen LogP) is 3.45. The molecule has 0 aliphatic carbocycles. The molecule has 2 aliphatic heterocycles. The number of nitrogens with one attached hydrogen (secondary N) is 1. The maximum atomic E-state index is 12.8. The maximum Gasteiger partial charge on any atom is 0.255 e. The minimum absolute atomic E-state index is 0.0521.